The lowest BCUT2D eigenvalue weighted by atomic mass is 9.81. The Morgan fingerprint density at radius 2 is 2.00 bits per heavy atom. The van der Waals surface area contributed by atoms with Crippen LogP contribution in [-0.4, -0.2) is 17.6 Å². The van der Waals surface area contributed by atoms with Gasteiger partial charge < -0.3 is 16.2 Å². The zero-order valence-corrected chi connectivity index (χ0v) is 13.3. The molecule has 1 aromatic rings. The van der Waals surface area contributed by atoms with E-state index in [1.54, 1.807) is 6.07 Å². The van der Waals surface area contributed by atoms with Gasteiger partial charge in [-0.05, 0) is 24.5 Å². The molecule has 21 heavy (non-hydrogen) atoms. The van der Waals surface area contributed by atoms with Crippen LogP contribution in [0.3, 0.4) is 0 Å². The highest BCUT2D eigenvalue weighted by Crippen LogP contribution is 2.25. The molecule has 0 fully saturated rings. The Hall–Kier alpha value is -1.17. The molecule has 6 heteroatoms. The highest BCUT2D eigenvalue weighted by atomic mass is 35.5. The van der Waals surface area contributed by atoms with Gasteiger partial charge in [0.15, 0.2) is 0 Å². The summed E-state index contributed by atoms with van der Waals surface area (Å²) in [6.07, 6.45) is 1.34. The first-order valence-electron chi connectivity index (χ1n) is 6.89. The molecule has 1 amide bonds. The number of aliphatic hydroxyl groups is 1. The number of hydrogen-bond donors (Lipinski definition) is 3. The summed E-state index contributed by atoms with van der Waals surface area (Å²) in [5, 5.41) is 11.7. The fourth-order valence-electron chi connectivity index (χ4n) is 2.15. The number of hydrogen-bond acceptors (Lipinski definition) is 3. The van der Waals surface area contributed by atoms with Crippen LogP contribution in [0.4, 0.5) is 4.39 Å². The van der Waals surface area contributed by atoms with Crippen LogP contribution in [0.25, 0.3) is 0 Å². The number of rotatable bonds is 7. The van der Waals surface area contributed by atoms with Crippen molar-refractivity contribution in [3.05, 3.63) is 35.1 Å². The molecule has 1 rings (SSSR count). The average Bonchev–Trinajstić information content (AvgIpc) is 2.47. The van der Waals surface area contributed by atoms with Crippen LogP contribution in [0.2, 0.25) is 0 Å². The summed E-state index contributed by atoms with van der Waals surface area (Å²) in [7, 11) is 0. The molecule has 4 N–H and O–H groups in total. The van der Waals surface area contributed by atoms with Crippen molar-refractivity contribution in [1.29, 1.82) is 0 Å². The molecule has 0 atom stereocenters. The molecule has 0 unspecified atom stereocenters. The molecule has 0 aromatic heterocycles. The predicted octanol–water partition coefficient (Wildman–Crippen LogP) is 2.12. The third-order valence-corrected chi connectivity index (χ3v) is 3.97. The highest BCUT2D eigenvalue weighted by Gasteiger charge is 2.32. The SMILES string of the molecule is CCC(CC)(CN)C(=O)NCc1ccc(CO)c(F)c1.Cl. The van der Waals surface area contributed by atoms with Crippen LogP contribution in [0, 0.1) is 11.2 Å². The third-order valence-electron chi connectivity index (χ3n) is 3.97. The molecule has 0 saturated heterocycles. The first kappa shape index (κ1) is 19.8. The van der Waals surface area contributed by atoms with E-state index in [1.165, 1.54) is 12.1 Å². The molecular weight excluding hydrogens is 295 g/mol. The van der Waals surface area contributed by atoms with Crippen LogP contribution in [0.5, 0.6) is 0 Å². The van der Waals surface area contributed by atoms with E-state index >= 15 is 0 Å². The molecule has 0 radical (unpaired) electrons. The summed E-state index contributed by atoms with van der Waals surface area (Å²) in [5.74, 6) is -0.563. The zero-order chi connectivity index (χ0) is 15.2. The maximum absolute atomic E-state index is 13.5. The van der Waals surface area contributed by atoms with E-state index in [2.05, 4.69) is 5.32 Å². The minimum Gasteiger partial charge on any atom is -0.392 e. The normalized spacial score (nSPS) is 10.9. The van der Waals surface area contributed by atoms with Crippen molar-refractivity contribution in [2.75, 3.05) is 6.54 Å². The van der Waals surface area contributed by atoms with Gasteiger partial charge in [0.1, 0.15) is 5.82 Å². The van der Waals surface area contributed by atoms with E-state index in [0.29, 0.717) is 24.9 Å². The Morgan fingerprint density at radius 1 is 1.38 bits per heavy atom. The van der Waals surface area contributed by atoms with E-state index < -0.39 is 11.2 Å². The van der Waals surface area contributed by atoms with Crippen molar-refractivity contribution in [1.82, 2.24) is 5.32 Å². The van der Waals surface area contributed by atoms with Gasteiger partial charge in [0.2, 0.25) is 5.91 Å². The van der Waals surface area contributed by atoms with Crippen LogP contribution >= 0.6 is 12.4 Å². The Kier molecular flexibility index (Phi) is 8.47. The first-order chi connectivity index (χ1) is 9.52. The van der Waals surface area contributed by atoms with Crippen molar-refractivity contribution in [2.45, 2.75) is 39.8 Å². The standard InChI is InChI=1S/C15H23FN2O2.ClH/c1-3-15(4-2,10-17)14(20)18-8-11-5-6-12(9-19)13(16)7-11;/h5-7,19H,3-4,8-10,17H2,1-2H3,(H,18,20);1H. The van der Waals surface area contributed by atoms with E-state index in [1.807, 2.05) is 13.8 Å². The molecule has 0 aliphatic carbocycles. The van der Waals surface area contributed by atoms with E-state index in [4.69, 9.17) is 10.8 Å². The van der Waals surface area contributed by atoms with E-state index in [0.717, 1.165) is 0 Å². The molecule has 1 aromatic carbocycles. The van der Waals surface area contributed by atoms with Gasteiger partial charge in [0, 0.05) is 18.7 Å². The molecular formula is C15H24ClFN2O2. The number of benzene rings is 1. The van der Waals surface area contributed by atoms with Crippen LogP contribution in [0.15, 0.2) is 18.2 Å². The van der Waals surface area contributed by atoms with Gasteiger partial charge in [-0.3, -0.25) is 4.79 Å². The molecule has 0 aliphatic heterocycles. The molecule has 0 bridgehead atoms. The number of nitrogens with one attached hydrogen (secondary N) is 1. The summed E-state index contributed by atoms with van der Waals surface area (Å²) in [5.41, 5.74) is 6.07. The molecule has 0 spiro atoms. The quantitative estimate of drug-likeness (QED) is 0.721. The average molecular weight is 319 g/mol. The molecule has 0 heterocycles. The number of carbonyl (C=O) groups is 1. The second-order valence-corrected chi connectivity index (χ2v) is 4.96. The maximum atomic E-state index is 13.5. The highest BCUT2D eigenvalue weighted by molar-refractivity contribution is 5.85. The van der Waals surface area contributed by atoms with Crippen LogP contribution < -0.4 is 11.1 Å². The Labute approximate surface area is 131 Å². The van der Waals surface area contributed by atoms with Crippen molar-refractivity contribution in [3.63, 3.8) is 0 Å². The van der Waals surface area contributed by atoms with Crippen LogP contribution in [0.1, 0.15) is 37.8 Å². The van der Waals surface area contributed by atoms with Crippen molar-refractivity contribution >= 4 is 18.3 Å². The van der Waals surface area contributed by atoms with Crippen molar-refractivity contribution in [3.8, 4) is 0 Å². The number of nitrogens with two attached hydrogens (primary N) is 1. The van der Waals surface area contributed by atoms with Crippen molar-refractivity contribution in [2.24, 2.45) is 11.1 Å². The van der Waals surface area contributed by atoms with E-state index in [-0.39, 0.29) is 37.0 Å². The number of amides is 1. The Bertz CT molecular complexity index is 457. The first-order valence-corrected chi connectivity index (χ1v) is 6.89. The fraction of sp³-hybridized carbons (Fsp3) is 0.533. The maximum Gasteiger partial charge on any atom is 0.227 e. The molecule has 4 nitrogen and oxygen atoms in total. The van der Waals surface area contributed by atoms with Crippen molar-refractivity contribution < 1.29 is 14.3 Å². The number of aliphatic hydroxyl groups excluding tert-OH is 1. The second-order valence-electron chi connectivity index (χ2n) is 4.96. The molecule has 0 saturated carbocycles. The molecule has 0 aliphatic rings. The lowest BCUT2D eigenvalue weighted by Gasteiger charge is -2.28. The largest absolute Gasteiger partial charge is 0.392 e. The summed E-state index contributed by atoms with van der Waals surface area (Å²) >= 11 is 0. The Balaban J connectivity index is 0.00000400. The van der Waals surface area contributed by atoms with Gasteiger partial charge in [-0.1, -0.05) is 26.0 Å². The van der Waals surface area contributed by atoms with Gasteiger partial charge in [-0.25, -0.2) is 4.39 Å². The van der Waals surface area contributed by atoms with E-state index in [9.17, 15) is 9.18 Å². The third kappa shape index (κ3) is 4.66. The summed E-state index contributed by atoms with van der Waals surface area (Å²) < 4.78 is 13.5. The fourth-order valence-corrected chi connectivity index (χ4v) is 2.15. The van der Waals surface area contributed by atoms with Gasteiger partial charge in [0.05, 0.1) is 12.0 Å². The van der Waals surface area contributed by atoms with Crippen LogP contribution in [-0.2, 0) is 17.9 Å². The zero-order valence-electron chi connectivity index (χ0n) is 12.5. The monoisotopic (exact) mass is 318 g/mol. The minimum absolute atomic E-state index is 0. The van der Waals surface area contributed by atoms with Gasteiger partial charge in [0.25, 0.3) is 0 Å². The minimum atomic E-state index is -0.552. The van der Waals surface area contributed by atoms with Gasteiger partial charge in [-0.15, -0.1) is 12.4 Å². The van der Waals surface area contributed by atoms with Gasteiger partial charge in [-0.2, -0.15) is 0 Å². The summed E-state index contributed by atoms with van der Waals surface area (Å²) in [4.78, 5) is 12.2. The second kappa shape index (κ2) is 8.97. The molecule has 120 valence electrons. The number of carbonyl (C=O) groups excluding carboxylic acids is 1. The predicted molar refractivity (Wildman–Crippen MR) is 83.5 cm³/mol. The van der Waals surface area contributed by atoms with Gasteiger partial charge >= 0.3 is 0 Å². The lowest BCUT2D eigenvalue weighted by molar-refractivity contribution is -0.131. The number of halogens is 2. The Morgan fingerprint density at radius 3 is 2.43 bits per heavy atom. The smallest absolute Gasteiger partial charge is 0.227 e. The lowest BCUT2D eigenvalue weighted by Crippen LogP contribution is -2.45. The topological polar surface area (TPSA) is 75.4 Å². The summed E-state index contributed by atoms with van der Waals surface area (Å²) in [6.45, 7) is 4.09. The summed E-state index contributed by atoms with van der Waals surface area (Å²) in [6, 6.07) is 4.54.